The fourth-order valence-electron chi connectivity index (χ4n) is 2.38. The minimum Gasteiger partial charge on any atom is -0.398 e. The minimum absolute atomic E-state index is 0.0525. The van der Waals surface area contributed by atoms with Gasteiger partial charge in [-0.25, -0.2) is 8.42 Å². The van der Waals surface area contributed by atoms with Crippen molar-refractivity contribution in [1.29, 1.82) is 0 Å². The number of nitrogens with zero attached hydrogens (tertiary/aromatic N) is 2. The van der Waals surface area contributed by atoms with Gasteiger partial charge in [0.25, 0.3) is 0 Å². The van der Waals surface area contributed by atoms with Crippen LogP contribution >= 0.6 is 23.2 Å². The summed E-state index contributed by atoms with van der Waals surface area (Å²) in [7, 11) is -1.76. The number of likely N-dealkylation sites (N-methyl/N-ethyl adjacent to an activating group) is 1. The number of nitrogen functional groups attached to an aromatic ring is 1. The Morgan fingerprint density at radius 1 is 1.24 bits per heavy atom. The number of rotatable bonds is 2. The maximum absolute atomic E-state index is 12.8. The second-order valence-corrected chi connectivity index (χ2v) is 8.60. The van der Waals surface area contributed by atoms with Crippen LogP contribution in [-0.4, -0.2) is 49.8 Å². The van der Waals surface area contributed by atoms with E-state index in [1.165, 1.54) is 16.4 Å². The summed E-state index contributed by atoms with van der Waals surface area (Å²) < 4.78 is 27.1. The number of nitrogens with two attached hydrogens (primary N) is 1. The van der Waals surface area contributed by atoms with Crippen LogP contribution in [-0.2, 0) is 10.0 Å². The smallest absolute Gasteiger partial charge is 0.246 e. The molecule has 0 atom stereocenters. The van der Waals surface area contributed by atoms with Crippen molar-refractivity contribution >= 4 is 38.9 Å². The molecule has 1 heterocycles. The lowest BCUT2D eigenvalue weighted by Gasteiger charge is -2.44. The zero-order valence-electron chi connectivity index (χ0n) is 12.2. The van der Waals surface area contributed by atoms with Crippen LogP contribution in [0.25, 0.3) is 0 Å². The average Bonchev–Trinajstić information content (AvgIpc) is 2.30. The van der Waals surface area contributed by atoms with Gasteiger partial charge >= 0.3 is 0 Å². The number of hydrogen-bond donors (Lipinski definition) is 1. The number of benzene rings is 1. The zero-order chi connectivity index (χ0) is 16.0. The van der Waals surface area contributed by atoms with Gasteiger partial charge in [0, 0.05) is 30.2 Å². The first kappa shape index (κ1) is 16.8. The Bertz CT molecular complexity index is 638. The van der Waals surface area contributed by atoms with E-state index >= 15 is 0 Å². The molecule has 2 rings (SSSR count). The Morgan fingerprint density at radius 3 is 2.38 bits per heavy atom. The molecule has 0 amide bonds. The van der Waals surface area contributed by atoms with Crippen molar-refractivity contribution in [2.45, 2.75) is 24.3 Å². The molecule has 1 aromatic rings. The van der Waals surface area contributed by atoms with Gasteiger partial charge in [-0.2, -0.15) is 4.31 Å². The van der Waals surface area contributed by atoms with E-state index in [0.29, 0.717) is 24.7 Å². The quantitative estimate of drug-likeness (QED) is 0.830. The molecule has 1 aliphatic rings. The van der Waals surface area contributed by atoms with Crippen LogP contribution in [0.5, 0.6) is 0 Å². The number of piperazine rings is 1. The lowest BCUT2D eigenvalue weighted by atomic mass is 10.0. The highest BCUT2D eigenvalue weighted by atomic mass is 35.5. The molecule has 2 N–H and O–H groups in total. The van der Waals surface area contributed by atoms with Crippen LogP contribution < -0.4 is 5.73 Å². The number of sulfonamides is 1. The van der Waals surface area contributed by atoms with Gasteiger partial charge in [0.1, 0.15) is 4.90 Å². The third kappa shape index (κ3) is 3.14. The van der Waals surface area contributed by atoms with E-state index in [4.69, 9.17) is 28.9 Å². The van der Waals surface area contributed by atoms with Gasteiger partial charge in [0.15, 0.2) is 0 Å². The third-order valence-electron chi connectivity index (χ3n) is 3.92. The Kier molecular flexibility index (Phi) is 4.48. The van der Waals surface area contributed by atoms with Crippen LogP contribution in [0.1, 0.15) is 13.8 Å². The zero-order valence-corrected chi connectivity index (χ0v) is 14.6. The van der Waals surface area contributed by atoms with Crippen molar-refractivity contribution in [1.82, 2.24) is 9.21 Å². The molecule has 0 spiro atoms. The largest absolute Gasteiger partial charge is 0.398 e. The molecule has 5 nitrogen and oxygen atoms in total. The van der Waals surface area contributed by atoms with Crippen molar-refractivity contribution in [3.8, 4) is 0 Å². The molecule has 1 saturated heterocycles. The first-order chi connectivity index (χ1) is 9.55. The van der Waals surface area contributed by atoms with E-state index in [1.54, 1.807) is 0 Å². The van der Waals surface area contributed by atoms with Crippen LogP contribution in [0, 0.1) is 0 Å². The maximum Gasteiger partial charge on any atom is 0.246 e. The fourth-order valence-corrected chi connectivity index (χ4v) is 4.91. The number of halogens is 2. The number of hydrogen-bond acceptors (Lipinski definition) is 4. The van der Waals surface area contributed by atoms with Gasteiger partial charge in [-0.1, -0.05) is 23.2 Å². The van der Waals surface area contributed by atoms with E-state index in [-0.39, 0.29) is 21.1 Å². The summed E-state index contributed by atoms with van der Waals surface area (Å²) in [6.07, 6.45) is 0. The molecule has 1 aliphatic heterocycles. The van der Waals surface area contributed by atoms with Crippen LogP contribution in [0.2, 0.25) is 10.0 Å². The van der Waals surface area contributed by atoms with E-state index in [0.717, 1.165) is 0 Å². The second-order valence-electron chi connectivity index (χ2n) is 5.88. The molecule has 1 fully saturated rings. The maximum atomic E-state index is 12.8. The van der Waals surface area contributed by atoms with Crippen LogP contribution in [0.3, 0.4) is 0 Å². The normalized spacial score (nSPS) is 20.6. The molecule has 0 bridgehead atoms. The Morgan fingerprint density at radius 2 is 1.86 bits per heavy atom. The van der Waals surface area contributed by atoms with Crippen molar-refractivity contribution in [3.05, 3.63) is 22.2 Å². The van der Waals surface area contributed by atoms with Crippen molar-refractivity contribution < 1.29 is 8.42 Å². The van der Waals surface area contributed by atoms with Crippen molar-refractivity contribution in [2.24, 2.45) is 0 Å². The standard InChI is InChI=1S/C13H19Cl2N3O2S/c1-13(2)8-18(5-4-17(13)3)21(19,20)12-10(15)6-9(14)7-11(12)16/h6-7H,4-5,8,16H2,1-3H3. The average molecular weight is 352 g/mol. The summed E-state index contributed by atoms with van der Waals surface area (Å²) in [4.78, 5) is 2.07. The Labute approximate surface area is 135 Å². The fraction of sp³-hybridized carbons (Fsp3) is 0.538. The highest BCUT2D eigenvalue weighted by molar-refractivity contribution is 7.89. The molecule has 0 saturated carbocycles. The molecule has 0 aromatic heterocycles. The SMILES string of the molecule is CN1CCN(S(=O)(=O)c2c(N)cc(Cl)cc2Cl)CC1(C)C. The highest BCUT2D eigenvalue weighted by Gasteiger charge is 2.38. The van der Waals surface area contributed by atoms with Gasteiger partial charge in [-0.15, -0.1) is 0 Å². The molecule has 1 aromatic carbocycles. The molecule has 0 radical (unpaired) electrons. The molecular weight excluding hydrogens is 333 g/mol. The lowest BCUT2D eigenvalue weighted by Crippen LogP contribution is -2.58. The summed E-state index contributed by atoms with van der Waals surface area (Å²) in [5.41, 5.74) is 5.65. The lowest BCUT2D eigenvalue weighted by molar-refractivity contribution is 0.0802. The monoisotopic (exact) mass is 351 g/mol. The predicted octanol–water partition coefficient (Wildman–Crippen LogP) is 2.29. The van der Waals surface area contributed by atoms with Crippen LogP contribution in [0.15, 0.2) is 17.0 Å². The Balaban J connectivity index is 2.44. The van der Waals surface area contributed by atoms with Gasteiger partial charge < -0.3 is 5.73 Å². The van der Waals surface area contributed by atoms with Gasteiger partial charge in [-0.05, 0) is 33.0 Å². The molecule has 0 unspecified atom stereocenters. The van der Waals surface area contributed by atoms with Crippen molar-refractivity contribution in [2.75, 3.05) is 32.4 Å². The summed E-state index contributed by atoms with van der Waals surface area (Å²) in [6.45, 7) is 5.44. The summed E-state index contributed by atoms with van der Waals surface area (Å²) in [5, 5.41) is 0.367. The molecular formula is C13H19Cl2N3O2S. The summed E-state index contributed by atoms with van der Waals surface area (Å²) in [6, 6.07) is 2.80. The Hall–Kier alpha value is -0.530. The molecule has 0 aliphatic carbocycles. The molecule has 118 valence electrons. The highest BCUT2D eigenvalue weighted by Crippen LogP contribution is 2.34. The predicted molar refractivity (Wildman–Crippen MR) is 86.3 cm³/mol. The molecule has 21 heavy (non-hydrogen) atoms. The van der Waals surface area contributed by atoms with Gasteiger partial charge in [0.05, 0.1) is 10.7 Å². The first-order valence-corrected chi connectivity index (χ1v) is 8.71. The minimum atomic E-state index is -3.74. The second kappa shape index (κ2) is 5.59. The van der Waals surface area contributed by atoms with Crippen LogP contribution in [0.4, 0.5) is 5.69 Å². The summed E-state index contributed by atoms with van der Waals surface area (Å²) >= 11 is 11.9. The van der Waals surface area contributed by atoms with Gasteiger partial charge in [0.2, 0.25) is 10.0 Å². The van der Waals surface area contributed by atoms with Gasteiger partial charge in [-0.3, -0.25) is 4.90 Å². The van der Waals surface area contributed by atoms with E-state index in [1.807, 2.05) is 20.9 Å². The van der Waals surface area contributed by atoms with E-state index in [2.05, 4.69) is 4.90 Å². The van der Waals surface area contributed by atoms with E-state index in [9.17, 15) is 8.42 Å². The first-order valence-electron chi connectivity index (χ1n) is 6.51. The third-order valence-corrected chi connectivity index (χ3v) is 6.51. The van der Waals surface area contributed by atoms with Crippen molar-refractivity contribution in [3.63, 3.8) is 0 Å². The summed E-state index contributed by atoms with van der Waals surface area (Å²) in [5.74, 6) is 0. The topological polar surface area (TPSA) is 66.6 Å². The number of anilines is 1. The van der Waals surface area contributed by atoms with E-state index < -0.39 is 10.0 Å². The molecule has 8 heteroatoms.